The number of aliphatic hydroxyl groups is 1. The van der Waals surface area contributed by atoms with E-state index >= 15 is 0 Å². The minimum atomic E-state index is -0.102. The third-order valence-corrected chi connectivity index (χ3v) is 0.891. The zero-order chi connectivity index (χ0) is 6.41. The van der Waals surface area contributed by atoms with Gasteiger partial charge < -0.3 is 16.2 Å². The lowest BCUT2D eigenvalue weighted by molar-refractivity contribution is 0.263. The van der Waals surface area contributed by atoms with Crippen molar-refractivity contribution in [3.05, 3.63) is 0 Å². The molecule has 0 aliphatic rings. The molecule has 0 saturated carbocycles. The van der Waals surface area contributed by atoms with E-state index in [1.165, 1.54) is 0 Å². The highest BCUT2D eigenvalue weighted by molar-refractivity contribution is 4.60. The number of aliphatic hydroxyl groups excluding tert-OH is 1. The quantitative estimate of drug-likeness (QED) is 0.440. The summed E-state index contributed by atoms with van der Waals surface area (Å²) in [5.74, 6) is 0. The standard InChI is InChI=1S/C5H14N2O/c1-2-7-3-5(6)4-8/h5,7-8H,2-4,6H2,1H3. The molecule has 50 valence electrons. The molecular formula is C5H14N2O. The second-order valence-electron chi connectivity index (χ2n) is 1.75. The lowest BCUT2D eigenvalue weighted by atomic mass is 10.3. The third kappa shape index (κ3) is 4.05. The molecule has 0 amide bonds. The third-order valence-electron chi connectivity index (χ3n) is 0.891. The van der Waals surface area contributed by atoms with Crippen molar-refractivity contribution in [2.24, 2.45) is 5.73 Å². The van der Waals surface area contributed by atoms with Gasteiger partial charge in [-0.2, -0.15) is 0 Å². The fraction of sp³-hybridized carbons (Fsp3) is 1.00. The minimum absolute atomic E-state index is 0.0625. The van der Waals surface area contributed by atoms with Crippen molar-refractivity contribution >= 4 is 0 Å². The molecule has 8 heavy (non-hydrogen) atoms. The van der Waals surface area contributed by atoms with Gasteiger partial charge in [-0.1, -0.05) is 6.92 Å². The predicted molar refractivity (Wildman–Crippen MR) is 33.6 cm³/mol. The van der Waals surface area contributed by atoms with Crippen LogP contribution in [0.1, 0.15) is 6.92 Å². The van der Waals surface area contributed by atoms with Crippen molar-refractivity contribution in [1.82, 2.24) is 5.32 Å². The Bertz CT molecular complexity index is 49.7. The molecule has 0 aromatic heterocycles. The average Bonchev–Trinajstić information content (AvgIpc) is 1.83. The van der Waals surface area contributed by atoms with Crippen LogP contribution in [-0.4, -0.2) is 30.8 Å². The number of hydrogen-bond donors (Lipinski definition) is 3. The second kappa shape index (κ2) is 5.03. The molecule has 0 aromatic carbocycles. The Morgan fingerprint density at radius 2 is 2.38 bits per heavy atom. The van der Waals surface area contributed by atoms with E-state index in [1.54, 1.807) is 0 Å². The van der Waals surface area contributed by atoms with Crippen LogP contribution in [0, 0.1) is 0 Å². The van der Waals surface area contributed by atoms with Crippen LogP contribution in [0.2, 0.25) is 0 Å². The van der Waals surface area contributed by atoms with Gasteiger partial charge >= 0.3 is 0 Å². The van der Waals surface area contributed by atoms with Gasteiger partial charge in [-0.05, 0) is 6.54 Å². The van der Waals surface area contributed by atoms with E-state index in [0.29, 0.717) is 6.54 Å². The second-order valence-corrected chi connectivity index (χ2v) is 1.75. The van der Waals surface area contributed by atoms with Crippen LogP contribution in [0.3, 0.4) is 0 Å². The summed E-state index contributed by atoms with van der Waals surface area (Å²) in [7, 11) is 0. The molecule has 3 heteroatoms. The van der Waals surface area contributed by atoms with Crippen LogP contribution in [0.15, 0.2) is 0 Å². The van der Waals surface area contributed by atoms with Crippen LogP contribution < -0.4 is 11.1 Å². The number of nitrogens with two attached hydrogens (primary N) is 1. The molecule has 0 rings (SSSR count). The van der Waals surface area contributed by atoms with E-state index in [-0.39, 0.29) is 12.6 Å². The molecule has 4 N–H and O–H groups in total. The van der Waals surface area contributed by atoms with Gasteiger partial charge in [0.2, 0.25) is 0 Å². The molecule has 0 bridgehead atoms. The first-order chi connectivity index (χ1) is 3.81. The van der Waals surface area contributed by atoms with Gasteiger partial charge in [-0.15, -0.1) is 0 Å². The molecule has 3 nitrogen and oxygen atoms in total. The molecule has 0 heterocycles. The number of hydrogen-bond acceptors (Lipinski definition) is 3. The maximum Gasteiger partial charge on any atom is 0.0594 e. The highest BCUT2D eigenvalue weighted by Crippen LogP contribution is 1.69. The largest absolute Gasteiger partial charge is 0.395 e. The maximum atomic E-state index is 8.40. The molecule has 1 unspecified atom stereocenters. The van der Waals surface area contributed by atoms with Gasteiger partial charge in [0.15, 0.2) is 0 Å². The topological polar surface area (TPSA) is 58.3 Å². The maximum absolute atomic E-state index is 8.40. The molecular weight excluding hydrogens is 104 g/mol. The molecule has 0 fully saturated rings. The monoisotopic (exact) mass is 118 g/mol. The Morgan fingerprint density at radius 1 is 1.75 bits per heavy atom. The van der Waals surface area contributed by atoms with Crippen molar-refractivity contribution in [2.75, 3.05) is 19.7 Å². The Kier molecular flexibility index (Phi) is 4.95. The van der Waals surface area contributed by atoms with Crippen molar-refractivity contribution in [1.29, 1.82) is 0 Å². The molecule has 0 spiro atoms. The SMILES string of the molecule is CCNCC(N)CO. The van der Waals surface area contributed by atoms with E-state index in [2.05, 4.69) is 5.32 Å². The molecule has 1 atom stereocenters. The summed E-state index contributed by atoms with van der Waals surface area (Å²) in [5, 5.41) is 11.4. The minimum Gasteiger partial charge on any atom is -0.395 e. The summed E-state index contributed by atoms with van der Waals surface area (Å²) >= 11 is 0. The lowest BCUT2D eigenvalue weighted by Crippen LogP contribution is -2.36. The van der Waals surface area contributed by atoms with Gasteiger partial charge in [-0.25, -0.2) is 0 Å². The van der Waals surface area contributed by atoms with E-state index in [0.717, 1.165) is 6.54 Å². The van der Waals surface area contributed by atoms with Crippen LogP contribution in [0.25, 0.3) is 0 Å². The van der Waals surface area contributed by atoms with Crippen LogP contribution in [0.4, 0.5) is 0 Å². The average molecular weight is 118 g/mol. The van der Waals surface area contributed by atoms with Gasteiger partial charge in [0.25, 0.3) is 0 Å². The van der Waals surface area contributed by atoms with E-state index in [1.807, 2.05) is 6.92 Å². The van der Waals surface area contributed by atoms with Gasteiger partial charge in [0.05, 0.1) is 6.61 Å². The fourth-order valence-electron chi connectivity index (χ4n) is 0.394. The van der Waals surface area contributed by atoms with E-state index in [9.17, 15) is 0 Å². The normalized spacial score (nSPS) is 13.9. The molecule has 0 aliphatic carbocycles. The first kappa shape index (κ1) is 7.88. The predicted octanol–water partition coefficient (Wildman–Crippen LogP) is -1.08. The fourth-order valence-corrected chi connectivity index (χ4v) is 0.394. The van der Waals surface area contributed by atoms with Gasteiger partial charge in [-0.3, -0.25) is 0 Å². The van der Waals surface area contributed by atoms with Crippen molar-refractivity contribution in [3.63, 3.8) is 0 Å². The zero-order valence-corrected chi connectivity index (χ0v) is 5.22. The number of rotatable bonds is 4. The molecule has 0 saturated heterocycles. The summed E-state index contributed by atoms with van der Waals surface area (Å²) in [6.45, 7) is 3.68. The Morgan fingerprint density at radius 3 is 2.75 bits per heavy atom. The van der Waals surface area contributed by atoms with Gasteiger partial charge in [0.1, 0.15) is 0 Å². The Hall–Kier alpha value is -0.120. The van der Waals surface area contributed by atoms with Crippen LogP contribution in [-0.2, 0) is 0 Å². The van der Waals surface area contributed by atoms with Gasteiger partial charge in [0, 0.05) is 12.6 Å². The van der Waals surface area contributed by atoms with Crippen molar-refractivity contribution in [3.8, 4) is 0 Å². The molecule has 0 aromatic rings. The lowest BCUT2D eigenvalue weighted by Gasteiger charge is -2.06. The van der Waals surface area contributed by atoms with Crippen molar-refractivity contribution < 1.29 is 5.11 Å². The smallest absolute Gasteiger partial charge is 0.0594 e. The van der Waals surface area contributed by atoms with E-state index < -0.39 is 0 Å². The zero-order valence-electron chi connectivity index (χ0n) is 5.22. The summed E-state index contributed by atoms with van der Waals surface area (Å²) in [5.41, 5.74) is 5.35. The summed E-state index contributed by atoms with van der Waals surface area (Å²) in [6, 6.07) is -0.102. The molecule has 0 radical (unpaired) electrons. The summed E-state index contributed by atoms with van der Waals surface area (Å²) < 4.78 is 0. The number of nitrogens with one attached hydrogen (secondary N) is 1. The summed E-state index contributed by atoms with van der Waals surface area (Å²) in [4.78, 5) is 0. The van der Waals surface area contributed by atoms with Crippen LogP contribution >= 0.6 is 0 Å². The van der Waals surface area contributed by atoms with Crippen molar-refractivity contribution in [2.45, 2.75) is 13.0 Å². The Labute approximate surface area is 49.9 Å². The first-order valence-corrected chi connectivity index (χ1v) is 2.88. The highest BCUT2D eigenvalue weighted by Gasteiger charge is 1.95. The van der Waals surface area contributed by atoms with E-state index in [4.69, 9.17) is 10.8 Å². The highest BCUT2D eigenvalue weighted by atomic mass is 16.3. The van der Waals surface area contributed by atoms with Crippen LogP contribution in [0.5, 0.6) is 0 Å². The Balaban J connectivity index is 2.86. The summed E-state index contributed by atoms with van der Waals surface area (Å²) in [6.07, 6.45) is 0. The first-order valence-electron chi connectivity index (χ1n) is 2.88. The number of likely N-dealkylation sites (N-methyl/N-ethyl adjacent to an activating group) is 1. The molecule has 0 aliphatic heterocycles.